The third-order valence-electron chi connectivity index (χ3n) is 2.93. The van der Waals surface area contributed by atoms with Crippen molar-refractivity contribution in [3.8, 4) is 11.6 Å². The number of aromatic nitrogens is 4. The zero-order valence-electron chi connectivity index (χ0n) is 11.5. The summed E-state index contributed by atoms with van der Waals surface area (Å²) in [7, 11) is 0. The Morgan fingerprint density at radius 1 is 1.45 bits per heavy atom. The van der Waals surface area contributed by atoms with Crippen molar-refractivity contribution in [2.24, 2.45) is 10.9 Å². The molecule has 0 radical (unpaired) electrons. The van der Waals surface area contributed by atoms with E-state index < -0.39 is 0 Å². The maximum atomic E-state index is 8.88. The molecular weight excluding hydrogens is 260 g/mol. The van der Waals surface area contributed by atoms with Gasteiger partial charge in [0, 0.05) is 6.54 Å². The molecule has 0 unspecified atom stereocenters. The van der Waals surface area contributed by atoms with Gasteiger partial charge in [-0.1, -0.05) is 5.16 Å². The van der Waals surface area contributed by atoms with Crippen LogP contribution in [0.4, 0.5) is 0 Å². The van der Waals surface area contributed by atoms with Crippen LogP contribution in [-0.4, -0.2) is 31.0 Å². The smallest absolute Gasteiger partial charge is 0.250 e. The van der Waals surface area contributed by atoms with Crippen LogP contribution in [0.5, 0.6) is 11.6 Å². The molecule has 0 atom stereocenters. The molecule has 2 aromatic heterocycles. The summed E-state index contributed by atoms with van der Waals surface area (Å²) in [6, 6.07) is 0. The third-order valence-corrected chi connectivity index (χ3v) is 2.93. The molecule has 8 nitrogen and oxygen atoms in total. The zero-order chi connectivity index (χ0) is 14.7. The lowest BCUT2D eigenvalue weighted by atomic mass is 10.1. The highest BCUT2D eigenvalue weighted by Crippen LogP contribution is 2.25. The Balaban J connectivity index is 2.43. The van der Waals surface area contributed by atoms with E-state index in [9.17, 15) is 0 Å². The Morgan fingerprint density at radius 2 is 2.20 bits per heavy atom. The Labute approximate surface area is 115 Å². The van der Waals surface area contributed by atoms with Crippen LogP contribution in [0.3, 0.4) is 0 Å². The zero-order valence-corrected chi connectivity index (χ0v) is 11.5. The van der Waals surface area contributed by atoms with Crippen LogP contribution < -0.4 is 10.5 Å². The molecule has 2 aromatic rings. The highest BCUT2D eigenvalue weighted by molar-refractivity contribution is 6.00. The first kappa shape index (κ1) is 13.8. The molecule has 0 saturated carbocycles. The predicted molar refractivity (Wildman–Crippen MR) is 72.0 cm³/mol. The van der Waals surface area contributed by atoms with Crippen molar-refractivity contribution < 1.29 is 9.94 Å². The fraction of sp³-hybridized carbons (Fsp3) is 0.333. The number of amidine groups is 1. The molecular formula is C12H16N6O2. The van der Waals surface area contributed by atoms with Gasteiger partial charge in [-0.25, -0.2) is 0 Å². The van der Waals surface area contributed by atoms with Crippen LogP contribution in [0.25, 0.3) is 0 Å². The lowest BCUT2D eigenvalue weighted by Gasteiger charge is -2.10. The molecule has 0 bridgehead atoms. The Hall–Kier alpha value is -2.64. The summed E-state index contributed by atoms with van der Waals surface area (Å²) in [6.45, 7) is 6.29. The van der Waals surface area contributed by atoms with Gasteiger partial charge in [0.05, 0.1) is 23.7 Å². The second kappa shape index (κ2) is 5.55. The molecule has 0 spiro atoms. The minimum absolute atomic E-state index is 0.0709. The first-order chi connectivity index (χ1) is 9.56. The molecule has 0 aliphatic carbocycles. The normalized spacial score (nSPS) is 11.7. The van der Waals surface area contributed by atoms with Gasteiger partial charge >= 0.3 is 0 Å². The molecule has 8 heteroatoms. The van der Waals surface area contributed by atoms with E-state index in [0.29, 0.717) is 17.0 Å². The van der Waals surface area contributed by atoms with Crippen molar-refractivity contribution in [2.45, 2.75) is 27.3 Å². The van der Waals surface area contributed by atoms with Crippen molar-refractivity contribution in [3.05, 3.63) is 29.2 Å². The number of nitrogens with zero attached hydrogens (tertiary/aromatic N) is 5. The molecule has 0 fully saturated rings. The number of nitrogens with two attached hydrogens (primary N) is 1. The summed E-state index contributed by atoms with van der Waals surface area (Å²) in [5.74, 6) is 0.619. The fourth-order valence-electron chi connectivity index (χ4n) is 1.69. The van der Waals surface area contributed by atoms with Crippen molar-refractivity contribution in [1.82, 2.24) is 20.0 Å². The first-order valence-corrected chi connectivity index (χ1v) is 6.08. The largest absolute Gasteiger partial charge is 0.434 e. The van der Waals surface area contributed by atoms with Crippen molar-refractivity contribution in [3.63, 3.8) is 0 Å². The van der Waals surface area contributed by atoms with Crippen LogP contribution in [0.1, 0.15) is 23.7 Å². The lowest BCUT2D eigenvalue weighted by Crippen LogP contribution is -2.18. The summed E-state index contributed by atoms with van der Waals surface area (Å²) in [6.07, 6.45) is 3.29. The molecule has 2 heterocycles. The second-order valence-corrected chi connectivity index (χ2v) is 4.21. The molecule has 0 saturated heterocycles. The molecule has 0 aliphatic rings. The maximum Gasteiger partial charge on any atom is 0.250 e. The van der Waals surface area contributed by atoms with E-state index in [1.807, 2.05) is 6.92 Å². The summed E-state index contributed by atoms with van der Waals surface area (Å²) < 4.78 is 7.34. The summed E-state index contributed by atoms with van der Waals surface area (Å²) in [5.41, 5.74) is 7.53. The van der Waals surface area contributed by atoms with Gasteiger partial charge in [0.2, 0.25) is 5.88 Å². The van der Waals surface area contributed by atoms with Gasteiger partial charge in [0.15, 0.2) is 11.6 Å². The Bertz CT molecular complexity index is 649. The van der Waals surface area contributed by atoms with Crippen LogP contribution in [0.2, 0.25) is 0 Å². The molecule has 3 N–H and O–H groups in total. The van der Waals surface area contributed by atoms with Gasteiger partial charge in [-0.2, -0.15) is 10.2 Å². The highest BCUT2D eigenvalue weighted by Gasteiger charge is 2.17. The topological polar surface area (TPSA) is 111 Å². The summed E-state index contributed by atoms with van der Waals surface area (Å²) in [4.78, 5) is 0. The van der Waals surface area contributed by atoms with Crippen LogP contribution in [-0.2, 0) is 6.54 Å². The third kappa shape index (κ3) is 2.53. The average Bonchev–Trinajstić information content (AvgIpc) is 2.90. The standard InChI is InChI=1S/C12H16N6O2/c1-4-18-6-9(5-14-18)20-12-10(11(13)17-19)7(2)8(3)15-16-12/h5-6,19H,4H2,1-3H3,(H2,13,17). The number of aryl methyl sites for hydroxylation is 2. The van der Waals surface area contributed by atoms with Crippen LogP contribution in [0.15, 0.2) is 17.5 Å². The average molecular weight is 276 g/mol. The lowest BCUT2D eigenvalue weighted by molar-refractivity contribution is 0.318. The number of rotatable bonds is 4. The van der Waals surface area contributed by atoms with E-state index >= 15 is 0 Å². The predicted octanol–water partition coefficient (Wildman–Crippen LogP) is 1.20. The Kier molecular flexibility index (Phi) is 3.83. The minimum Gasteiger partial charge on any atom is -0.434 e. The molecule has 0 amide bonds. The Morgan fingerprint density at radius 3 is 2.80 bits per heavy atom. The van der Waals surface area contributed by atoms with Gasteiger partial charge in [0.1, 0.15) is 0 Å². The highest BCUT2D eigenvalue weighted by atomic mass is 16.5. The van der Waals surface area contributed by atoms with E-state index in [-0.39, 0.29) is 11.7 Å². The SMILES string of the molecule is CCn1cc(Oc2nnc(C)c(C)c2/C(N)=N/O)cn1. The number of hydrogen-bond acceptors (Lipinski definition) is 6. The molecule has 0 aromatic carbocycles. The van der Waals surface area contributed by atoms with Crippen molar-refractivity contribution in [2.75, 3.05) is 0 Å². The number of oxime groups is 1. The van der Waals surface area contributed by atoms with E-state index in [0.717, 1.165) is 12.1 Å². The molecule has 106 valence electrons. The van der Waals surface area contributed by atoms with Gasteiger partial charge < -0.3 is 15.7 Å². The summed E-state index contributed by atoms with van der Waals surface area (Å²) in [5, 5.41) is 23.9. The van der Waals surface area contributed by atoms with Gasteiger partial charge in [0.25, 0.3) is 0 Å². The monoisotopic (exact) mass is 276 g/mol. The van der Waals surface area contributed by atoms with Crippen LogP contribution >= 0.6 is 0 Å². The van der Waals surface area contributed by atoms with E-state index in [2.05, 4.69) is 20.5 Å². The van der Waals surface area contributed by atoms with Gasteiger partial charge in [-0.05, 0) is 26.3 Å². The molecule has 20 heavy (non-hydrogen) atoms. The molecule has 2 rings (SSSR count). The second-order valence-electron chi connectivity index (χ2n) is 4.21. The summed E-state index contributed by atoms with van der Waals surface area (Å²) >= 11 is 0. The van der Waals surface area contributed by atoms with Gasteiger partial charge in [-0.3, -0.25) is 4.68 Å². The fourth-order valence-corrected chi connectivity index (χ4v) is 1.69. The number of hydrogen-bond donors (Lipinski definition) is 2. The maximum absolute atomic E-state index is 8.88. The minimum atomic E-state index is -0.0709. The molecule has 0 aliphatic heterocycles. The van der Waals surface area contributed by atoms with Crippen molar-refractivity contribution >= 4 is 5.84 Å². The van der Waals surface area contributed by atoms with E-state index in [1.165, 1.54) is 0 Å². The van der Waals surface area contributed by atoms with Gasteiger partial charge in [-0.15, -0.1) is 5.10 Å². The quantitative estimate of drug-likeness (QED) is 0.375. The number of ether oxygens (including phenoxy) is 1. The van der Waals surface area contributed by atoms with E-state index in [1.54, 1.807) is 30.9 Å². The van der Waals surface area contributed by atoms with Crippen molar-refractivity contribution in [1.29, 1.82) is 0 Å². The van der Waals surface area contributed by atoms with Crippen LogP contribution in [0, 0.1) is 13.8 Å². The first-order valence-electron chi connectivity index (χ1n) is 6.08. The van der Waals surface area contributed by atoms with E-state index in [4.69, 9.17) is 15.7 Å².